The van der Waals surface area contributed by atoms with Crippen LogP contribution in [0.15, 0.2) is 124 Å². The van der Waals surface area contributed by atoms with Crippen LogP contribution >= 0.6 is 0 Å². The van der Waals surface area contributed by atoms with Gasteiger partial charge in [0, 0.05) is 49.2 Å². The fourth-order valence-electron chi connectivity index (χ4n) is 6.98. The van der Waals surface area contributed by atoms with Crippen molar-refractivity contribution in [2.24, 2.45) is 0 Å². The van der Waals surface area contributed by atoms with Crippen molar-refractivity contribution in [2.45, 2.75) is 0 Å². The molecule has 1 aliphatic rings. The molecule has 0 saturated heterocycles. The van der Waals surface area contributed by atoms with Crippen molar-refractivity contribution in [2.75, 3.05) is 11.9 Å². The van der Waals surface area contributed by atoms with Crippen LogP contribution in [-0.4, -0.2) is 30.9 Å². The number of ether oxygens (including phenoxy) is 1. The van der Waals surface area contributed by atoms with E-state index in [0.717, 1.165) is 77.6 Å². The molecule has 6 heterocycles. The molecule has 0 atom stereocenters. The number of imidazole rings is 2. The molecule has 50 heavy (non-hydrogen) atoms. The molecule has 0 N–H and O–H groups in total. The van der Waals surface area contributed by atoms with Crippen LogP contribution in [0.5, 0.6) is 11.5 Å². The Hall–Kier alpha value is -6.05. The molecule has 0 spiro atoms. The number of furan rings is 2. The SMILES string of the molecule is CN1C=CN(c2[c-]c(Oc3[c-]c4c(cc3)n3c5ccccc5nc3n4-c3ccccn3)c3oc4cc5c(cc4c3c2)oc2ccccc25)[CH-]1.[Pt]. The summed E-state index contributed by atoms with van der Waals surface area (Å²) in [5.74, 6) is 2.43. The van der Waals surface area contributed by atoms with Gasteiger partial charge in [0.25, 0.3) is 0 Å². The number of rotatable bonds is 4. The van der Waals surface area contributed by atoms with Gasteiger partial charge in [0.05, 0.1) is 22.4 Å². The van der Waals surface area contributed by atoms with Crippen LogP contribution in [0.2, 0.25) is 0 Å². The number of para-hydroxylation sites is 3. The zero-order valence-electron chi connectivity index (χ0n) is 26.3. The van der Waals surface area contributed by atoms with Gasteiger partial charge in [0.1, 0.15) is 22.6 Å². The molecule has 9 nitrogen and oxygen atoms in total. The third-order valence-electron chi connectivity index (χ3n) is 9.18. The average Bonchev–Trinajstić information content (AvgIpc) is 3.94. The normalized spacial score (nSPS) is 13.3. The van der Waals surface area contributed by atoms with Crippen LogP contribution in [0.1, 0.15) is 0 Å². The molecule has 11 rings (SSSR count). The zero-order valence-corrected chi connectivity index (χ0v) is 28.5. The minimum atomic E-state index is 0. The first kappa shape index (κ1) is 28.9. The molecule has 0 amide bonds. The Morgan fingerprint density at radius 1 is 0.740 bits per heavy atom. The van der Waals surface area contributed by atoms with E-state index in [1.165, 1.54) is 0 Å². The van der Waals surface area contributed by atoms with Crippen molar-refractivity contribution < 1.29 is 34.6 Å². The summed E-state index contributed by atoms with van der Waals surface area (Å²) in [6.07, 6.45) is 5.75. The number of fused-ring (bicyclic) bond motifs is 11. The van der Waals surface area contributed by atoms with E-state index >= 15 is 0 Å². The third-order valence-corrected chi connectivity index (χ3v) is 9.18. The molecule has 10 heteroatoms. The molecule has 244 valence electrons. The minimum absolute atomic E-state index is 0. The average molecular weight is 831 g/mol. The maximum atomic E-state index is 6.69. The van der Waals surface area contributed by atoms with Crippen LogP contribution in [0, 0.1) is 18.8 Å². The van der Waals surface area contributed by atoms with E-state index < -0.39 is 0 Å². The number of pyridine rings is 1. The number of aromatic nitrogens is 4. The summed E-state index contributed by atoms with van der Waals surface area (Å²) in [4.78, 5) is 13.6. The van der Waals surface area contributed by atoms with Crippen molar-refractivity contribution in [3.63, 3.8) is 0 Å². The first-order valence-corrected chi connectivity index (χ1v) is 15.9. The molecule has 1 aliphatic heterocycles. The van der Waals surface area contributed by atoms with E-state index in [4.69, 9.17) is 18.6 Å². The molecular formula is C40H23N6O3Pt-3. The Morgan fingerprint density at radius 3 is 2.42 bits per heavy atom. The molecule has 0 bridgehead atoms. The van der Waals surface area contributed by atoms with E-state index in [2.05, 4.69) is 45.8 Å². The topological polar surface area (TPSA) is 77.1 Å². The molecule has 5 aromatic heterocycles. The monoisotopic (exact) mass is 830 g/mol. The summed E-state index contributed by atoms with van der Waals surface area (Å²) in [6, 6.07) is 39.1. The Morgan fingerprint density at radius 2 is 1.56 bits per heavy atom. The minimum Gasteiger partial charge on any atom is -0.512 e. The van der Waals surface area contributed by atoms with Gasteiger partial charge in [-0.15, -0.1) is 36.0 Å². The van der Waals surface area contributed by atoms with E-state index in [9.17, 15) is 0 Å². The van der Waals surface area contributed by atoms with Gasteiger partial charge >= 0.3 is 0 Å². The number of hydrogen-bond acceptors (Lipinski definition) is 7. The predicted octanol–water partition coefficient (Wildman–Crippen LogP) is 9.36. The number of benzene rings is 5. The van der Waals surface area contributed by atoms with Crippen molar-refractivity contribution in [3.8, 4) is 17.3 Å². The van der Waals surface area contributed by atoms with E-state index in [-0.39, 0.29) is 21.1 Å². The molecule has 0 saturated carbocycles. The molecule has 0 unspecified atom stereocenters. The number of anilines is 1. The summed E-state index contributed by atoms with van der Waals surface area (Å²) in [5, 5.41) is 3.86. The summed E-state index contributed by atoms with van der Waals surface area (Å²) < 4.78 is 23.7. The maximum absolute atomic E-state index is 6.69. The van der Waals surface area contributed by atoms with Gasteiger partial charge in [-0.25, -0.2) is 9.97 Å². The van der Waals surface area contributed by atoms with Gasteiger partial charge in [-0.3, -0.25) is 4.57 Å². The van der Waals surface area contributed by atoms with Gasteiger partial charge < -0.3 is 27.8 Å². The fourth-order valence-corrected chi connectivity index (χ4v) is 6.98. The smallest absolute Gasteiger partial charge is 0.208 e. The molecule has 10 aromatic rings. The first-order valence-electron chi connectivity index (χ1n) is 15.9. The Balaban J connectivity index is 0.00000316. The second kappa shape index (κ2) is 10.7. The van der Waals surface area contributed by atoms with E-state index in [1.54, 1.807) is 6.20 Å². The second-order valence-electron chi connectivity index (χ2n) is 12.2. The fraction of sp³-hybridized carbons (Fsp3) is 0.0250. The Kier molecular flexibility index (Phi) is 6.20. The number of hydrogen-bond donors (Lipinski definition) is 0. The Bertz CT molecular complexity index is 2990. The van der Waals surface area contributed by atoms with Crippen LogP contribution in [-0.2, 0) is 21.1 Å². The molecule has 0 fully saturated rings. The zero-order chi connectivity index (χ0) is 32.2. The molecular weight excluding hydrogens is 808 g/mol. The number of nitrogens with zero attached hydrogens (tertiary/aromatic N) is 6. The quantitative estimate of drug-likeness (QED) is 0.164. The van der Waals surface area contributed by atoms with E-state index in [0.29, 0.717) is 17.1 Å². The summed E-state index contributed by atoms with van der Waals surface area (Å²) in [7, 11) is 1.99. The van der Waals surface area contributed by atoms with Crippen LogP contribution in [0.3, 0.4) is 0 Å². The molecule has 0 aliphatic carbocycles. The first-order chi connectivity index (χ1) is 24.2. The standard InChI is InChI=1S/C40H23N6O3.Pt/c1-43-16-17-44(23-43)24-18-29-28-22-35-27(26-8-2-5-11-34(26)48-35)21-36(28)49-39(29)37(19-24)47-25-13-14-32-33(20-25)46(38-12-6-7-15-41-38)40-42-30-9-3-4-10-31(30)45(32)40;/h2-18,21-23H,1H3;/q-3;. The van der Waals surface area contributed by atoms with Crippen molar-refractivity contribution in [3.05, 3.63) is 134 Å². The third kappa shape index (κ3) is 4.17. The Labute approximate surface area is 298 Å². The maximum Gasteiger partial charge on any atom is 0.208 e. The van der Waals surface area contributed by atoms with Gasteiger partial charge in [-0.1, -0.05) is 41.8 Å². The van der Waals surface area contributed by atoms with Crippen LogP contribution in [0.25, 0.3) is 77.5 Å². The van der Waals surface area contributed by atoms with Gasteiger partial charge in [-0.05, 0) is 72.9 Å². The van der Waals surface area contributed by atoms with Gasteiger partial charge in [-0.2, -0.15) is 6.67 Å². The summed E-state index contributed by atoms with van der Waals surface area (Å²) in [5.41, 5.74) is 7.39. The van der Waals surface area contributed by atoms with Crippen LogP contribution < -0.4 is 9.64 Å². The van der Waals surface area contributed by atoms with Gasteiger partial charge in [0.2, 0.25) is 5.78 Å². The molecule has 5 aromatic carbocycles. The van der Waals surface area contributed by atoms with E-state index in [1.807, 2.05) is 113 Å². The summed E-state index contributed by atoms with van der Waals surface area (Å²) in [6.45, 7) is 1.99. The largest absolute Gasteiger partial charge is 0.512 e. The summed E-state index contributed by atoms with van der Waals surface area (Å²) >= 11 is 0. The van der Waals surface area contributed by atoms with Crippen molar-refractivity contribution in [1.29, 1.82) is 0 Å². The van der Waals surface area contributed by atoms with Crippen LogP contribution in [0.4, 0.5) is 5.69 Å². The van der Waals surface area contributed by atoms with Gasteiger partial charge in [0.15, 0.2) is 0 Å². The predicted molar refractivity (Wildman–Crippen MR) is 190 cm³/mol. The second-order valence-corrected chi connectivity index (χ2v) is 12.2. The molecule has 0 radical (unpaired) electrons. The van der Waals surface area contributed by atoms with Crippen molar-refractivity contribution >= 4 is 77.4 Å². The van der Waals surface area contributed by atoms with Crippen molar-refractivity contribution in [1.82, 2.24) is 23.8 Å².